The van der Waals surface area contributed by atoms with Gasteiger partial charge in [-0.3, -0.25) is 14.5 Å². The summed E-state index contributed by atoms with van der Waals surface area (Å²) in [5.41, 5.74) is 1.66. The average molecular weight is 577 g/mol. The van der Waals surface area contributed by atoms with Crippen molar-refractivity contribution in [3.8, 4) is 11.5 Å². The number of fused-ring (bicyclic) bond motifs is 3. The number of hydrogen-bond donors (Lipinski definition) is 0. The third-order valence-electron chi connectivity index (χ3n) is 8.44. The SMILES string of the molecule is COC(=O)[C@@]12COc3ccc(Br)cc3[C@@H]1N(C)C[C@H]2[C@@H]1[C@@H](c2ccccc2)C(=O)N1c1ccc(OC)cc1. The number of hydrogen-bond acceptors (Lipinski definition) is 6. The molecule has 0 aliphatic carbocycles. The van der Waals surface area contributed by atoms with Gasteiger partial charge in [0.1, 0.15) is 23.5 Å². The van der Waals surface area contributed by atoms with Crippen LogP contribution in [0.25, 0.3) is 0 Å². The largest absolute Gasteiger partial charge is 0.497 e. The van der Waals surface area contributed by atoms with Crippen LogP contribution in [0.4, 0.5) is 5.69 Å². The van der Waals surface area contributed by atoms with E-state index in [1.54, 1.807) is 7.11 Å². The highest BCUT2D eigenvalue weighted by Crippen LogP contribution is 2.60. The monoisotopic (exact) mass is 576 g/mol. The molecule has 0 spiro atoms. The van der Waals surface area contributed by atoms with Gasteiger partial charge in [-0.1, -0.05) is 46.3 Å². The molecule has 196 valence electrons. The Morgan fingerprint density at radius 2 is 1.79 bits per heavy atom. The van der Waals surface area contributed by atoms with Crippen LogP contribution in [0, 0.1) is 11.3 Å². The van der Waals surface area contributed by atoms with E-state index >= 15 is 0 Å². The average Bonchev–Trinajstić information content (AvgIpc) is 3.24. The van der Waals surface area contributed by atoms with Gasteiger partial charge in [0.2, 0.25) is 5.91 Å². The van der Waals surface area contributed by atoms with Crippen molar-refractivity contribution in [1.29, 1.82) is 0 Å². The minimum Gasteiger partial charge on any atom is -0.497 e. The predicted molar refractivity (Wildman–Crippen MR) is 146 cm³/mol. The lowest BCUT2D eigenvalue weighted by Crippen LogP contribution is -2.67. The zero-order valence-corrected chi connectivity index (χ0v) is 23.1. The van der Waals surface area contributed by atoms with E-state index < -0.39 is 5.41 Å². The third kappa shape index (κ3) is 3.57. The van der Waals surface area contributed by atoms with Crippen LogP contribution in [-0.2, 0) is 14.3 Å². The maximum Gasteiger partial charge on any atom is 0.317 e. The van der Waals surface area contributed by atoms with E-state index in [0.29, 0.717) is 12.3 Å². The Hall–Kier alpha value is -3.36. The molecule has 2 saturated heterocycles. The number of rotatable bonds is 5. The zero-order valence-electron chi connectivity index (χ0n) is 21.5. The van der Waals surface area contributed by atoms with Crippen LogP contribution in [0.3, 0.4) is 0 Å². The van der Waals surface area contributed by atoms with Gasteiger partial charge in [-0.15, -0.1) is 0 Å². The van der Waals surface area contributed by atoms with Gasteiger partial charge < -0.3 is 19.1 Å². The van der Waals surface area contributed by atoms with Gasteiger partial charge in [0.05, 0.1) is 32.2 Å². The van der Waals surface area contributed by atoms with E-state index in [4.69, 9.17) is 14.2 Å². The fraction of sp³-hybridized carbons (Fsp3) is 0.333. The first-order chi connectivity index (χ1) is 18.4. The lowest BCUT2D eigenvalue weighted by Gasteiger charge is -2.54. The lowest BCUT2D eigenvalue weighted by atomic mass is 9.62. The van der Waals surface area contributed by atoms with Crippen LogP contribution in [0.5, 0.6) is 11.5 Å². The molecule has 3 aromatic carbocycles. The molecular weight excluding hydrogens is 548 g/mol. The summed E-state index contributed by atoms with van der Waals surface area (Å²) in [4.78, 5) is 31.8. The standard InChI is InChI=1S/C30H29BrN2O5/c1-32-16-23(30(29(35)37-3)17-38-24-14-9-19(31)15-22(24)27(30)32)26-25(18-7-5-4-6-8-18)28(34)33(26)20-10-12-21(36-2)13-11-20/h4-15,23,25-27H,16-17H2,1-3H3/t23-,25+,26+,27-,30+/m0/s1. The van der Waals surface area contributed by atoms with E-state index in [-0.39, 0.29) is 42.4 Å². The van der Waals surface area contributed by atoms with Crippen molar-refractivity contribution in [2.45, 2.75) is 18.0 Å². The molecule has 0 saturated carbocycles. The van der Waals surface area contributed by atoms with Crippen molar-refractivity contribution >= 4 is 33.5 Å². The Balaban J connectivity index is 1.50. The summed E-state index contributed by atoms with van der Waals surface area (Å²) in [6.45, 7) is 0.777. The summed E-state index contributed by atoms with van der Waals surface area (Å²) >= 11 is 3.59. The normalized spacial score (nSPS) is 28.1. The number of β-lactam (4-membered cyclic amide) rings is 1. The molecule has 1 amide bonds. The number of esters is 1. The molecule has 3 heterocycles. The molecule has 3 aromatic rings. The van der Waals surface area contributed by atoms with Crippen LogP contribution >= 0.6 is 15.9 Å². The van der Waals surface area contributed by atoms with Crippen molar-refractivity contribution in [3.05, 3.63) is 88.4 Å². The zero-order chi connectivity index (χ0) is 26.6. The molecule has 0 bridgehead atoms. The smallest absolute Gasteiger partial charge is 0.317 e. The highest BCUT2D eigenvalue weighted by Gasteiger charge is 2.68. The number of anilines is 1. The van der Waals surface area contributed by atoms with Crippen molar-refractivity contribution in [2.75, 3.05) is 39.3 Å². The van der Waals surface area contributed by atoms with Gasteiger partial charge in [-0.05, 0) is 55.1 Å². The summed E-state index contributed by atoms with van der Waals surface area (Å²) in [6.07, 6.45) is 0. The Labute approximate surface area is 230 Å². The first-order valence-electron chi connectivity index (χ1n) is 12.6. The van der Waals surface area contributed by atoms with Crippen molar-refractivity contribution < 1.29 is 23.8 Å². The van der Waals surface area contributed by atoms with Gasteiger partial charge >= 0.3 is 5.97 Å². The third-order valence-corrected chi connectivity index (χ3v) is 8.93. The molecule has 3 aliphatic heterocycles. The van der Waals surface area contributed by atoms with Crippen LogP contribution in [0.15, 0.2) is 77.3 Å². The molecule has 38 heavy (non-hydrogen) atoms. The quantitative estimate of drug-likeness (QED) is 0.321. The summed E-state index contributed by atoms with van der Waals surface area (Å²) < 4.78 is 18.0. The number of methoxy groups -OCH3 is 2. The van der Waals surface area contributed by atoms with E-state index in [2.05, 4.69) is 20.8 Å². The van der Waals surface area contributed by atoms with E-state index in [0.717, 1.165) is 27.0 Å². The second-order valence-corrected chi connectivity index (χ2v) is 11.2. The Kier molecular flexibility index (Phi) is 6.19. The second kappa shape index (κ2) is 9.43. The van der Waals surface area contributed by atoms with Gasteiger partial charge in [-0.25, -0.2) is 0 Å². The van der Waals surface area contributed by atoms with Crippen molar-refractivity contribution in [2.24, 2.45) is 11.3 Å². The van der Waals surface area contributed by atoms with Gasteiger partial charge in [-0.2, -0.15) is 0 Å². The molecule has 2 fully saturated rings. The molecule has 0 radical (unpaired) electrons. The number of halogens is 1. The molecule has 6 rings (SSSR count). The molecule has 3 aliphatic rings. The molecule has 7 nitrogen and oxygen atoms in total. The number of ether oxygens (including phenoxy) is 3. The number of benzene rings is 3. The van der Waals surface area contributed by atoms with Crippen LogP contribution < -0.4 is 14.4 Å². The minimum absolute atomic E-state index is 0.0114. The molecule has 5 atom stereocenters. The van der Waals surface area contributed by atoms with Crippen molar-refractivity contribution in [1.82, 2.24) is 4.90 Å². The molecular formula is C30H29BrN2O5. The lowest BCUT2D eigenvalue weighted by molar-refractivity contribution is -0.163. The van der Waals surface area contributed by atoms with Crippen LogP contribution in [0.2, 0.25) is 0 Å². The number of likely N-dealkylation sites (tertiary alicyclic amines) is 1. The Morgan fingerprint density at radius 1 is 1.05 bits per heavy atom. The first kappa shape index (κ1) is 24.9. The summed E-state index contributed by atoms with van der Waals surface area (Å²) in [5, 5.41) is 0. The summed E-state index contributed by atoms with van der Waals surface area (Å²) in [5.74, 6) is 0.539. The predicted octanol–water partition coefficient (Wildman–Crippen LogP) is 4.81. The van der Waals surface area contributed by atoms with E-state index in [1.807, 2.05) is 84.7 Å². The van der Waals surface area contributed by atoms with Gasteiger partial charge in [0, 0.05) is 28.2 Å². The summed E-state index contributed by atoms with van der Waals surface area (Å²) in [6, 6.07) is 22.7. The molecule has 0 aromatic heterocycles. The maximum atomic E-state index is 13.9. The Morgan fingerprint density at radius 3 is 2.47 bits per heavy atom. The van der Waals surface area contributed by atoms with E-state index in [1.165, 1.54) is 7.11 Å². The second-order valence-electron chi connectivity index (χ2n) is 10.2. The molecule has 0 N–H and O–H groups in total. The van der Waals surface area contributed by atoms with Crippen molar-refractivity contribution in [3.63, 3.8) is 0 Å². The van der Waals surface area contributed by atoms with E-state index in [9.17, 15) is 9.59 Å². The topological polar surface area (TPSA) is 68.3 Å². The summed E-state index contributed by atoms with van der Waals surface area (Å²) in [7, 11) is 5.09. The van der Waals surface area contributed by atoms with Crippen LogP contribution in [0.1, 0.15) is 23.1 Å². The fourth-order valence-corrected chi connectivity index (χ4v) is 7.20. The minimum atomic E-state index is -1.000. The number of amides is 1. The fourth-order valence-electron chi connectivity index (χ4n) is 6.83. The highest BCUT2D eigenvalue weighted by molar-refractivity contribution is 9.10. The Bertz CT molecular complexity index is 1380. The highest BCUT2D eigenvalue weighted by atomic mass is 79.9. The molecule has 8 heteroatoms. The maximum absolute atomic E-state index is 13.9. The number of carbonyl (C=O) groups excluding carboxylic acids is 2. The molecule has 0 unspecified atom stereocenters. The first-order valence-corrected chi connectivity index (χ1v) is 13.4. The van der Waals surface area contributed by atoms with Gasteiger partial charge in [0.25, 0.3) is 0 Å². The van der Waals surface area contributed by atoms with Gasteiger partial charge in [0.15, 0.2) is 0 Å². The number of nitrogens with zero attached hydrogens (tertiary/aromatic N) is 2. The number of carbonyl (C=O) groups is 2. The van der Waals surface area contributed by atoms with Crippen LogP contribution in [-0.4, -0.2) is 57.2 Å².